The number of carbonyl (C=O) groups excluding carboxylic acids is 1. The molecular weight excluding hydrogens is 292 g/mol. The molecule has 0 amide bonds. The largest absolute Gasteiger partial charge is 0.465 e. The zero-order valence-corrected chi connectivity index (χ0v) is 12.1. The second kappa shape index (κ2) is 6.47. The Morgan fingerprint density at radius 1 is 1.19 bits per heavy atom. The average Bonchev–Trinajstić information content (AvgIpc) is 2.53. The number of methoxy groups -OCH3 is 1. The van der Waals surface area contributed by atoms with Gasteiger partial charge in [-0.15, -0.1) is 0 Å². The summed E-state index contributed by atoms with van der Waals surface area (Å²) in [4.78, 5) is 15.5. The van der Waals surface area contributed by atoms with Crippen molar-refractivity contribution in [2.45, 2.75) is 11.4 Å². The molecule has 0 fully saturated rings. The van der Waals surface area contributed by atoms with Gasteiger partial charge >= 0.3 is 5.97 Å². The fourth-order valence-electron chi connectivity index (χ4n) is 1.73. The fraction of sp³-hybridized carbons (Fsp3) is 0.143. The molecule has 0 saturated heterocycles. The molecule has 1 heterocycles. The van der Waals surface area contributed by atoms with Gasteiger partial charge in [-0.3, -0.25) is 4.98 Å². The Morgan fingerprint density at radius 2 is 1.90 bits per heavy atom. The smallest absolute Gasteiger partial charge is 0.339 e. The van der Waals surface area contributed by atoms with Gasteiger partial charge in [-0.25, -0.2) is 17.9 Å². The molecule has 7 heteroatoms. The van der Waals surface area contributed by atoms with Gasteiger partial charge in [0, 0.05) is 6.20 Å². The van der Waals surface area contributed by atoms with Crippen LogP contribution in [0.25, 0.3) is 0 Å². The van der Waals surface area contributed by atoms with Gasteiger partial charge in [0.2, 0.25) is 10.0 Å². The van der Waals surface area contributed by atoms with E-state index >= 15 is 0 Å². The summed E-state index contributed by atoms with van der Waals surface area (Å²) in [6.45, 7) is 0.0404. The highest BCUT2D eigenvalue weighted by Crippen LogP contribution is 2.16. The van der Waals surface area contributed by atoms with Gasteiger partial charge in [-0.2, -0.15) is 0 Å². The number of hydrogen-bond donors (Lipinski definition) is 1. The molecule has 1 aromatic heterocycles. The first-order valence-corrected chi connectivity index (χ1v) is 7.60. The van der Waals surface area contributed by atoms with E-state index in [2.05, 4.69) is 14.4 Å². The number of carbonyl (C=O) groups is 1. The van der Waals surface area contributed by atoms with E-state index in [9.17, 15) is 13.2 Å². The van der Waals surface area contributed by atoms with Crippen LogP contribution >= 0.6 is 0 Å². The summed E-state index contributed by atoms with van der Waals surface area (Å²) in [6, 6.07) is 11.1. The van der Waals surface area contributed by atoms with E-state index in [0.717, 1.165) is 0 Å². The number of nitrogens with zero attached hydrogens (tertiary/aromatic N) is 1. The minimum atomic E-state index is -3.84. The minimum absolute atomic E-state index is 0.00600. The lowest BCUT2D eigenvalue weighted by Gasteiger charge is -2.10. The highest BCUT2D eigenvalue weighted by atomic mass is 32.2. The number of aromatic nitrogens is 1. The van der Waals surface area contributed by atoms with Crippen molar-refractivity contribution in [1.82, 2.24) is 9.71 Å². The van der Waals surface area contributed by atoms with Crippen molar-refractivity contribution in [2.75, 3.05) is 7.11 Å². The Kier molecular flexibility index (Phi) is 4.66. The van der Waals surface area contributed by atoms with Crippen molar-refractivity contribution in [1.29, 1.82) is 0 Å². The molecule has 6 nitrogen and oxygen atoms in total. The van der Waals surface area contributed by atoms with Gasteiger partial charge in [0.15, 0.2) is 0 Å². The fourth-order valence-corrected chi connectivity index (χ4v) is 2.92. The first-order valence-electron chi connectivity index (χ1n) is 6.11. The molecule has 2 aromatic rings. The molecule has 0 unspecified atom stereocenters. The summed E-state index contributed by atoms with van der Waals surface area (Å²) in [5.74, 6) is -0.700. The summed E-state index contributed by atoms with van der Waals surface area (Å²) in [6.07, 6.45) is 1.58. The summed E-state index contributed by atoms with van der Waals surface area (Å²) >= 11 is 0. The molecule has 110 valence electrons. The number of rotatable bonds is 5. The van der Waals surface area contributed by atoms with Crippen LogP contribution in [0.15, 0.2) is 53.6 Å². The summed E-state index contributed by atoms with van der Waals surface area (Å²) in [5, 5.41) is 0. The quantitative estimate of drug-likeness (QED) is 0.843. The number of pyridine rings is 1. The van der Waals surface area contributed by atoms with Crippen molar-refractivity contribution in [3.05, 3.63) is 59.9 Å². The Balaban J connectivity index is 2.26. The van der Waals surface area contributed by atoms with Crippen molar-refractivity contribution in [3.63, 3.8) is 0 Å². The van der Waals surface area contributed by atoms with Gasteiger partial charge in [0.05, 0.1) is 29.8 Å². The van der Waals surface area contributed by atoms with Crippen LogP contribution in [0.4, 0.5) is 0 Å². The zero-order chi connectivity index (χ0) is 15.3. The van der Waals surface area contributed by atoms with E-state index in [1.165, 1.54) is 19.2 Å². The Labute approximate surface area is 122 Å². The molecule has 1 aromatic carbocycles. The van der Waals surface area contributed by atoms with Crippen LogP contribution in [0.3, 0.4) is 0 Å². The monoisotopic (exact) mass is 306 g/mol. The number of benzene rings is 1. The molecular formula is C14H14N2O4S. The Hall–Kier alpha value is -2.25. The first kappa shape index (κ1) is 15.1. The van der Waals surface area contributed by atoms with Crippen molar-refractivity contribution in [2.24, 2.45) is 0 Å². The molecule has 21 heavy (non-hydrogen) atoms. The maximum Gasteiger partial charge on any atom is 0.339 e. The first-order chi connectivity index (χ1) is 10.0. The second-order valence-electron chi connectivity index (χ2n) is 4.13. The average molecular weight is 306 g/mol. The molecule has 0 aliphatic carbocycles. The van der Waals surface area contributed by atoms with Gasteiger partial charge in [-0.1, -0.05) is 18.2 Å². The van der Waals surface area contributed by atoms with Crippen LogP contribution in [-0.4, -0.2) is 26.5 Å². The molecule has 0 aliphatic rings. The Bertz CT molecular complexity index is 730. The third kappa shape index (κ3) is 3.65. The number of sulfonamides is 1. The molecule has 0 bridgehead atoms. The minimum Gasteiger partial charge on any atom is -0.465 e. The summed E-state index contributed by atoms with van der Waals surface area (Å²) < 4.78 is 31.6. The number of nitrogens with one attached hydrogen (secondary N) is 1. The molecule has 0 aliphatic heterocycles. The SMILES string of the molecule is COC(=O)c1ccccc1S(=O)(=O)NCc1ccccn1. The maximum atomic E-state index is 12.3. The van der Waals surface area contributed by atoms with E-state index in [1.54, 1.807) is 36.5 Å². The topological polar surface area (TPSA) is 85.4 Å². The second-order valence-corrected chi connectivity index (χ2v) is 5.87. The van der Waals surface area contributed by atoms with E-state index in [0.29, 0.717) is 5.69 Å². The van der Waals surface area contributed by atoms with E-state index in [4.69, 9.17) is 0 Å². The van der Waals surface area contributed by atoms with Crippen LogP contribution in [0.1, 0.15) is 16.1 Å². The lowest BCUT2D eigenvalue weighted by atomic mass is 10.2. The molecule has 0 atom stereocenters. The molecule has 1 N–H and O–H groups in total. The summed E-state index contributed by atoms with van der Waals surface area (Å²) in [7, 11) is -2.63. The maximum absolute atomic E-state index is 12.3. The van der Waals surface area contributed by atoms with Crippen LogP contribution < -0.4 is 4.72 Å². The highest BCUT2D eigenvalue weighted by molar-refractivity contribution is 7.89. The summed E-state index contributed by atoms with van der Waals surface area (Å²) in [5.41, 5.74) is 0.574. The van der Waals surface area contributed by atoms with Gasteiger partial charge in [-0.05, 0) is 24.3 Å². The standard InChI is InChI=1S/C14H14N2O4S/c1-20-14(17)12-7-2-3-8-13(12)21(18,19)16-10-11-6-4-5-9-15-11/h2-9,16H,10H2,1H3. The predicted molar refractivity (Wildman–Crippen MR) is 76.0 cm³/mol. The molecule has 0 radical (unpaired) electrons. The normalized spacial score (nSPS) is 11.1. The molecule has 0 spiro atoms. The predicted octanol–water partition coefficient (Wildman–Crippen LogP) is 1.35. The molecule has 2 rings (SSSR count). The van der Waals surface area contributed by atoms with E-state index < -0.39 is 16.0 Å². The lowest BCUT2D eigenvalue weighted by molar-refractivity contribution is 0.0596. The Morgan fingerprint density at radius 3 is 2.57 bits per heavy atom. The lowest BCUT2D eigenvalue weighted by Crippen LogP contribution is -2.25. The van der Waals surface area contributed by atoms with Crippen LogP contribution in [0, 0.1) is 0 Å². The van der Waals surface area contributed by atoms with E-state index in [-0.39, 0.29) is 17.0 Å². The van der Waals surface area contributed by atoms with Crippen molar-refractivity contribution >= 4 is 16.0 Å². The number of hydrogen-bond acceptors (Lipinski definition) is 5. The van der Waals surface area contributed by atoms with E-state index in [1.807, 2.05) is 0 Å². The van der Waals surface area contributed by atoms with Crippen molar-refractivity contribution in [3.8, 4) is 0 Å². The van der Waals surface area contributed by atoms with Gasteiger partial charge in [0.1, 0.15) is 0 Å². The molecule has 0 saturated carbocycles. The zero-order valence-electron chi connectivity index (χ0n) is 11.3. The van der Waals surface area contributed by atoms with Crippen LogP contribution in [0.2, 0.25) is 0 Å². The van der Waals surface area contributed by atoms with Crippen LogP contribution in [0.5, 0.6) is 0 Å². The van der Waals surface area contributed by atoms with Crippen LogP contribution in [-0.2, 0) is 21.3 Å². The van der Waals surface area contributed by atoms with Crippen molar-refractivity contribution < 1.29 is 17.9 Å². The van der Waals surface area contributed by atoms with Gasteiger partial charge < -0.3 is 4.74 Å². The highest BCUT2D eigenvalue weighted by Gasteiger charge is 2.22. The third-order valence-electron chi connectivity index (χ3n) is 2.75. The third-order valence-corrected chi connectivity index (χ3v) is 4.21. The van der Waals surface area contributed by atoms with Gasteiger partial charge in [0.25, 0.3) is 0 Å². The number of esters is 1. The number of ether oxygens (including phenoxy) is 1.